The van der Waals surface area contributed by atoms with Crippen LogP contribution >= 0.6 is 46.1 Å². The fourth-order valence-corrected chi connectivity index (χ4v) is 5.89. The number of fused-ring (bicyclic) bond motifs is 1. The number of anilines is 1. The van der Waals surface area contributed by atoms with Crippen LogP contribution in [0.15, 0.2) is 24.3 Å². The Hall–Kier alpha value is -1.66. The molecule has 2 fully saturated rings. The van der Waals surface area contributed by atoms with Crippen molar-refractivity contribution >= 4 is 82.0 Å². The van der Waals surface area contributed by atoms with Gasteiger partial charge < -0.3 is 20.3 Å². The Morgan fingerprint density at radius 1 is 1.18 bits per heavy atom. The first-order valence-corrected chi connectivity index (χ1v) is 12.2. The second kappa shape index (κ2) is 9.77. The van der Waals surface area contributed by atoms with Crippen molar-refractivity contribution in [1.82, 2.24) is 15.3 Å². The van der Waals surface area contributed by atoms with Gasteiger partial charge in [-0.15, -0.1) is 0 Å². The van der Waals surface area contributed by atoms with Crippen molar-refractivity contribution in [2.24, 2.45) is 11.8 Å². The predicted octanol–water partition coefficient (Wildman–Crippen LogP) is 4.24. The van der Waals surface area contributed by atoms with E-state index in [1.807, 2.05) is 12.1 Å². The van der Waals surface area contributed by atoms with Crippen LogP contribution in [0, 0.1) is 18.8 Å². The van der Waals surface area contributed by atoms with Crippen LogP contribution < -0.4 is 10.2 Å². The molecule has 1 aliphatic heterocycles. The molecule has 1 saturated carbocycles. The zero-order chi connectivity index (χ0) is 23.4. The van der Waals surface area contributed by atoms with E-state index >= 15 is 0 Å². The Kier molecular flexibility index (Phi) is 7.31. The van der Waals surface area contributed by atoms with Crippen molar-refractivity contribution in [3.63, 3.8) is 0 Å². The number of hydrogen-bond donors (Lipinski definition) is 3. The monoisotopic (exact) mass is 532 g/mol. The summed E-state index contributed by atoms with van der Waals surface area (Å²) in [6, 6.07) is 7.36. The molecule has 12 heteroatoms. The van der Waals surface area contributed by atoms with Crippen molar-refractivity contribution in [3.8, 4) is 0 Å². The van der Waals surface area contributed by atoms with Gasteiger partial charge in [-0.25, -0.2) is 9.78 Å². The molecular weight excluding hydrogens is 514 g/mol. The van der Waals surface area contributed by atoms with E-state index in [4.69, 9.17) is 34.8 Å². The number of carboxylic acid groups (broad SMARTS) is 1. The third-order valence-corrected chi connectivity index (χ3v) is 8.55. The number of nitrogens with zero attached hydrogens (tertiary/aromatic N) is 2. The van der Waals surface area contributed by atoms with Crippen LogP contribution in [0.4, 0.5) is 5.13 Å². The Morgan fingerprint density at radius 2 is 1.82 bits per heavy atom. The van der Waals surface area contributed by atoms with Crippen LogP contribution in [0.3, 0.4) is 0 Å². The fraction of sp³-hybridized carbons (Fsp3) is 0.318. The molecule has 7 nitrogen and oxygen atoms in total. The molecular formula is C22H20Cl3LiN4O3S. The average molecular weight is 534 g/mol. The normalized spacial score (nSPS) is 20.6. The van der Waals surface area contributed by atoms with Crippen molar-refractivity contribution in [2.45, 2.75) is 19.4 Å². The van der Waals surface area contributed by atoms with Crippen LogP contribution in [-0.4, -0.2) is 64.9 Å². The number of aryl methyl sites for hydroxylation is 1. The first-order valence-electron chi connectivity index (χ1n) is 10.3. The maximum absolute atomic E-state index is 12.6. The van der Waals surface area contributed by atoms with Crippen LogP contribution in [-0.2, 0) is 6.42 Å². The summed E-state index contributed by atoms with van der Waals surface area (Å²) in [5.74, 6) is -0.671. The second-order valence-corrected chi connectivity index (χ2v) is 10.5. The summed E-state index contributed by atoms with van der Waals surface area (Å²) in [5.41, 5.74) is 2.42. The molecule has 1 aliphatic carbocycles. The van der Waals surface area contributed by atoms with E-state index in [2.05, 4.69) is 20.2 Å². The van der Waals surface area contributed by atoms with E-state index in [0.29, 0.717) is 46.1 Å². The first-order chi connectivity index (χ1) is 15.7. The summed E-state index contributed by atoms with van der Waals surface area (Å²) < 4.78 is 0. The summed E-state index contributed by atoms with van der Waals surface area (Å²) in [6.07, 6.45) is 0.424. The molecule has 3 heterocycles. The van der Waals surface area contributed by atoms with Gasteiger partial charge in [0.2, 0.25) is 0 Å². The van der Waals surface area contributed by atoms with Gasteiger partial charge >= 0.3 is 24.8 Å². The van der Waals surface area contributed by atoms with Gasteiger partial charge in [0.25, 0.3) is 5.91 Å². The van der Waals surface area contributed by atoms with Gasteiger partial charge in [0.1, 0.15) is 10.6 Å². The van der Waals surface area contributed by atoms with Gasteiger partial charge in [-0.2, -0.15) is 0 Å². The Labute approximate surface area is 227 Å². The minimum atomic E-state index is -0.978. The molecule has 2 aliphatic rings. The second-order valence-electron chi connectivity index (χ2n) is 8.37. The van der Waals surface area contributed by atoms with Gasteiger partial charge in [0.05, 0.1) is 15.7 Å². The summed E-state index contributed by atoms with van der Waals surface area (Å²) in [5, 5.41) is 14.6. The van der Waals surface area contributed by atoms with Crippen molar-refractivity contribution in [1.29, 1.82) is 0 Å². The summed E-state index contributed by atoms with van der Waals surface area (Å²) in [6.45, 7) is 3.18. The summed E-state index contributed by atoms with van der Waals surface area (Å²) in [7, 11) is 0. The number of thiazole rings is 1. The Morgan fingerprint density at radius 3 is 2.38 bits per heavy atom. The topological polar surface area (TPSA) is 98.3 Å². The third-order valence-electron chi connectivity index (χ3n) is 6.21. The molecule has 1 amide bonds. The SMILES string of the molecule is Cc1[nH]c(C(=O)N[C@H]2[C@@H]3CN(c4nc(Cc5ccc(Cl)cc5)c(C(=O)O)s4)C[C@@H]32)c(Cl)c1Cl.[LiH]. The number of rotatable bonds is 6. The third kappa shape index (κ3) is 4.73. The Bertz CT molecular complexity index is 1250. The average Bonchev–Trinajstić information content (AvgIpc) is 3.14. The number of benzene rings is 1. The summed E-state index contributed by atoms with van der Waals surface area (Å²) in [4.78, 5) is 34.3. The molecule has 0 radical (unpaired) electrons. The molecule has 5 rings (SSSR count). The van der Waals surface area contributed by atoms with E-state index in [1.165, 1.54) is 11.3 Å². The number of amides is 1. The number of carboxylic acids is 1. The predicted molar refractivity (Wildman–Crippen MR) is 136 cm³/mol. The van der Waals surface area contributed by atoms with Gasteiger partial charge in [-0.3, -0.25) is 4.79 Å². The molecule has 3 aromatic rings. The number of H-pyrrole nitrogens is 1. The zero-order valence-corrected chi connectivity index (χ0v) is 20.4. The van der Waals surface area contributed by atoms with E-state index in [-0.39, 0.29) is 58.2 Å². The van der Waals surface area contributed by atoms with Crippen LogP contribution in [0.2, 0.25) is 15.1 Å². The summed E-state index contributed by atoms with van der Waals surface area (Å²) >= 11 is 19.4. The number of aromatic amines is 1. The van der Waals surface area contributed by atoms with Crippen molar-refractivity contribution in [3.05, 3.63) is 66.9 Å². The molecule has 174 valence electrons. The van der Waals surface area contributed by atoms with Gasteiger partial charge in [-0.1, -0.05) is 58.3 Å². The van der Waals surface area contributed by atoms with E-state index in [9.17, 15) is 14.7 Å². The van der Waals surface area contributed by atoms with Gasteiger partial charge in [0, 0.05) is 48.1 Å². The number of carbonyl (C=O) groups excluding carboxylic acids is 1. The molecule has 1 aromatic carbocycles. The minimum absolute atomic E-state index is 0. The van der Waals surface area contributed by atoms with E-state index < -0.39 is 5.97 Å². The molecule has 3 N–H and O–H groups in total. The van der Waals surface area contributed by atoms with Crippen LogP contribution in [0.25, 0.3) is 0 Å². The molecule has 0 unspecified atom stereocenters. The quantitative estimate of drug-likeness (QED) is 0.412. The van der Waals surface area contributed by atoms with Crippen LogP contribution in [0.5, 0.6) is 0 Å². The maximum atomic E-state index is 12.6. The van der Waals surface area contributed by atoms with E-state index in [1.54, 1.807) is 19.1 Å². The molecule has 0 bridgehead atoms. The number of aromatic carboxylic acids is 1. The van der Waals surface area contributed by atoms with Crippen molar-refractivity contribution in [2.75, 3.05) is 18.0 Å². The number of nitrogens with one attached hydrogen (secondary N) is 2. The number of halogens is 3. The van der Waals surface area contributed by atoms with Crippen LogP contribution in [0.1, 0.15) is 37.1 Å². The molecule has 0 spiro atoms. The number of aromatic nitrogens is 2. The molecule has 3 atom stereocenters. The fourth-order valence-electron chi connectivity index (χ4n) is 4.41. The number of piperidine rings is 1. The number of carbonyl (C=O) groups is 2. The molecule has 1 saturated heterocycles. The number of hydrogen-bond acceptors (Lipinski definition) is 5. The van der Waals surface area contributed by atoms with Gasteiger partial charge in [0.15, 0.2) is 5.13 Å². The molecule has 2 aromatic heterocycles. The molecule has 34 heavy (non-hydrogen) atoms. The zero-order valence-electron chi connectivity index (χ0n) is 17.4. The van der Waals surface area contributed by atoms with Gasteiger partial charge in [-0.05, 0) is 24.6 Å². The van der Waals surface area contributed by atoms with E-state index in [0.717, 1.165) is 5.56 Å². The van der Waals surface area contributed by atoms with Crippen molar-refractivity contribution < 1.29 is 14.7 Å². The Balaban J connectivity index is 0.00000274. The standard InChI is InChI=1S/C22H19Cl3N4O3S.Li.H/c1-9-15(24)16(25)18(26-9)20(30)28-17-12-7-29(8-13(12)17)22-27-14(19(33-22)21(31)32)6-10-2-4-11(23)5-3-10;;/h2-5,12-13,17,26H,6-8H2,1H3,(H,28,30)(H,31,32);;/t12-,13+,17+;;. The first kappa shape index (κ1) is 25.4.